The number of aryl methyl sites for hydroxylation is 1. The summed E-state index contributed by atoms with van der Waals surface area (Å²) in [6.07, 6.45) is 3.94. The van der Waals surface area contributed by atoms with Gasteiger partial charge < -0.3 is 15.0 Å². The number of para-hydroxylation sites is 1. The van der Waals surface area contributed by atoms with E-state index in [-0.39, 0.29) is 18.6 Å². The zero-order chi connectivity index (χ0) is 14.4. The number of rotatable bonds is 7. The normalized spacial score (nSPS) is 12.5. The van der Waals surface area contributed by atoms with Crippen LogP contribution in [0.2, 0.25) is 0 Å². The predicted octanol–water partition coefficient (Wildman–Crippen LogP) is 2.31. The van der Waals surface area contributed by atoms with E-state index < -0.39 is 0 Å². The molecule has 108 valence electrons. The van der Waals surface area contributed by atoms with Crippen LogP contribution in [-0.2, 0) is 11.3 Å². The second-order valence-electron chi connectivity index (χ2n) is 5.00. The molecule has 0 aliphatic carbocycles. The van der Waals surface area contributed by atoms with Crippen molar-refractivity contribution in [3.63, 3.8) is 0 Å². The summed E-state index contributed by atoms with van der Waals surface area (Å²) < 4.78 is 2.10. The van der Waals surface area contributed by atoms with E-state index in [2.05, 4.69) is 28.1 Å². The first kappa shape index (κ1) is 14.6. The lowest BCUT2D eigenvalue weighted by Gasteiger charge is -2.15. The van der Waals surface area contributed by atoms with Crippen LogP contribution in [0, 0.1) is 0 Å². The third kappa shape index (κ3) is 3.61. The van der Waals surface area contributed by atoms with Gasteiger partial charge in [0, 0.05) is 37.3 Å². The number of amides is 1. The molecule has 2 aromatic rings. The SMILES string of the molecule is CCC(CCO)NC(=O)CCn1ccc2ccccc21. The monoisotopic (exact) mass is 274 g/mol. The highest BCUT2D eigenvalue weighted by Crippen LogP contribution is 2.15. The molecular weight excluding hydrogens is 252 g/mol. The topological polar surface area (TPSA) is 54.3 Å². The number of carbonyl (C=O) groups is 1. The number of aliphatic hydroxyl groups excluding tert-OH is 1. The van der Waals surface area contributed by atoms with Crippen molar-refractivity contribution < 1.29 is 9.90 Å². The molecule has 0 saturated heterocycles. The Morgan fingerprint density at radius 1 is 1.35 bits per heavy atom. The van der Waals surface area contributed by atoms with Crippen LogP contribution in [0.1, 0.15) is 26.2 Å². The van der Waals surface area contributed by atoms with E-state index in [1.165, 1.54) is 5.39 Å². The minimum absolute atomic E-state index is 0.0445. The van der Waals surface area contributed by atoms with Crippen molar-refractivity contribution >= 4 is 16.8 Å². The zero-order valence-corrected chi connectivity index (χ0v) is 11.9. The quantitative estimate of drug-likeness (QED) is 0.814. The van der Waals surface area contributed by atoms with Crippen LogP contribution in [0.25, 0.3) is 10.9 Å². The zero-order valence-electron chi connectivity index (χ0n) is 11.9. The Morgan fingerprint density at radius 3 is 2.90 bits per heavy atom. The number of hydrogen-bond acceptors (Lipinski definition) is 2. The summed E-state index contributed by atoms with van der Waals surface area (Å²) in [5, 5.41) is 13.1. The van der Waals surface area contributed by atoms with Crippen molar-refractivity contribution in [2.24, 2.45) is 0 Å². The van der Waals surface area contributed by atoms with Crippen LogP contribution < -0.4 is 5.32 Å². The van der Waals surface area contributed by atoms with Crippen LogP contribution in [0.4, 0.5) is 0 Å². The summed E-state index contributed by atoms with van der Waals surface area (Å²) in [6, 6.07) is 10.3. The van der Waals surface area contributed by atoms with Crippen LogP contribution in [0.3, 0.4) is 0 Å². The lowest BCUT2D eigenvalue weighted by molar-refractivity contribution is -0.122. The van der Waals surface area contributed by atoms with Gasteiger partial charge in [0.1, 0.15) is 0 Å². The Bertz CT molecular complexity index is 562. The standard InChI is InChI=1S/C16H22N2O2/c1-2-14(9-12-19)17-16(20)8-11-18-10-7-13-5-3-4-6-15(13)18/h3-7,10,14,19H,2,8-9,11-12H2,1H3,(H,17,20). The molecule has 1 heterocycles. The number of carbonyl (C=O) groups excluding carboxylic acids is 1. The molecule has 0 radical (unpaired) electrons. The number of benzene rings is 1. The average molecular weight is 274 g/mol. The third-order valence-electron chi connectivity index (χ3n) is 3.60. The van der Waals surface area contributed by atoms with Gasteiger partial charge in [-0.15, -0.1) is 0 Å². The summed E-state index contributed by atoms with van der Waals surface area (Å²) in [7, 11) is 0. The van der Waals surface area contributed by atoms with Crippen LogP contribution in [0.15, 0.2) is 36.5 Å². The van der Waals surface area contributed by atoms with Crippen molar-refractivity contribution in [3.8, 4) is 0 Å². The highest BCUT2D eigenvalue weighted by Gasteiger charge is 2.10. The minimum atomic E-state index is 0.0445. The molecule has 0 aliphatic heterocycles. The minimum Gasteiger partial charge on any atom is -0.396 e. The molecular formula is C16H22N2O2. The van der Waals surface area contributed by atoms with E-state index in [1.54, 1.807) is 0 Å². The predicted molar refractivity (Wildman–Crippen MR) is 80.5 cm³/mol. The molecule has 20 heavy (non-hydrogen) atoms. The molecule has 1 amide bonds. The van der Waals surface area contributed by atoms with Gasteiger partial charge in [0.15, 0.2) is 0 Å². The fraction of sp³-hybridized carbons (Fsp3) is 0.438. The maximum atomic E-state index is 11.9. The molecule has 0 fully saturated rings. The number of nitrogens with one attached hydrogen (secondary N) is 1. The van der Waals surface area contributed by atoms with E-state index in [9.17, 15) is 4.79 Å². The fourth-order valence-electron chi connectivity index (χ4n) is 2.39. The maximum absolute atomic E-state index is 11.9. The fourth-order valence-corrected chi connectivity index (χ4v) is 2.39. The number of aliphatic hydroxyl groups is 1. The molecule has 0 spiro atoms. The molecule has 1 aromatic carbocycles. The second kappa shape index (κ2) is 7.10. The molecule has 0 bridgehead atoms. The van der Waals surface area contributed by atoms with Gasteiger partial charge in [0.25, 0.3) is 0 Å². The molecule has 4 heteroatoms. The second-order valence-corrected chi connectivity index (χ2v) is 5.00. The molecule has 2 rings (SSSR count). The first-order chi connectivity index (χ1) is 9.74. The molecule has 1 unspecified atom stereocenters. The smallest absolute Gasteiger partial charge is 0.222 e. The third-order valence-corrected chi connectivity index (χ3v) is 3.60. The van der Waals surface area contributed by atoms with E-state index in [1.807, 2.05) is 25.3 Å². The molecule has 4 nitrogen and oxygen atoms in total. The molecule has 0 saturated carbocycles. The highest BCUT2D eigenvalue weighted by atomic mass is 16.3. The van der Waals surface area contributed by atoms with Crippen LogP contribution >= 0.6 is 0 Å². The Hall–Kier alpha value is -1.81. The van der Waals surface area contributed by atoms with Crippen molar-refractivity contribution in [1.82, 2.24) is 9.88 Å². The van der Waals surface area contributed by atoms with Gasteiger partial charge in [0.05, 0.1) is 0 Å². The Labute approximate surface area is 119 Å². The summed E-state index contributed by atoms with van der Waals surface area (Å²) in [5.74, 6) is 0.0445. The van der Waals surface area contributed by atoms with Crippen LogP contribution in [0.5, 0.6) is 0 Å². The summed E-state index contributed by atoms with van der Waals surface area (Å²) >= 11 is 0. The average Bonchev–Trinajstić information content (AvgIpc) is 2.88. The summed E-state index contributed by atoms with van der Waals surface area (Å²) in [6.45, 7) is 2.80. The molecule has 2 N–H and O–H groups in total. The highest BCUT2D eigenvalue weighted by molar-refractivity contribution is 5.80. The molecule has 0 aliphatic rings. The van der Waals surface area contributed by atoms with E-state index in [4.69, 9.17) is 5.11 Å². The Balaban J connectivity index is 1.90. The van der Waals surface area contributed by atoms with Gasteiger partial charge in [-0.05, 0) is 30.4 Å². The first-order valence-corrected chi connectivity index (χ1v) is 7.18. The largest absolute Gasteiger partial charge is 0.396 e. The summed E-state index contributed by atoms with van der Waals surface area (Å²) in [4.78, 5) is 11.9. The van der Waals surface area contributed by atoms with Crippen molar-refractivity contribution in [1.29, 1.82) is 0 Å². The Kier molecular flexibility index (Phi) is 5.18. The Morgan fingerprint density at radius 2 is 2.15 bits per heavy atom. The first-order valence-electron chi connectivity index (χ1n) is 7.18. The van der Waals surface area contributed by atoms with Gasteiger partial charge in [0.2, 0.25) is 5.91 Å². The van der Waals surface area contributed by atoms with Gasteiger partial charge in [-0.1, -0.05) is 25.1 Å². The van der Waals surface area contributed by atoms with Gasteiger partial charge in [-0.3, -0.25) is 4.79 Å². The van der Waals surface area contributed by atoms with Gasteiger partial charge >= 0.3 is 0 Å². The lowest BCUT2D eigenvalue weighted by atomic mass is 10.1. The number of hydrogen-bond donors (Lipinski definition) is 2. The van der Waals surface area contributed by atoms with E-state index >= 15 is 0 Å². The molecule has 1 atom stereocenters. The van der Waals surface area contributed by atoms with Crippen LogP contribution in [-0.4, -0.2) is 28.2 Å². The van der Waals surface area contributed by atoms with E-state index in [0.29, 0.717) is 19.4 Å². The van der Waals surface area contributed by atoms with Crippen molar-refractivity contribution in [2.45, 2.75) is 38.8 Å². The van der Waals surface area contributed by atoms with Gasteiger partial charge in [-0.2, -0.15) is 0 Å². The van der Waals surface area contributed by atoms with Crippen molar-refractivity contribution in [2.75, 3.05) is 6.61 Å². The number of aromatic nitrogens is 1. The van der Waals surface area contributed by atoms with E-state index in [0.717, 1.165) is 11.9 Å². The lowest BCUT2D eigenvalue weighted by Crippen LogP contribution is -2.35. The summed E-state index contributed by atoms with van der Waals surface area (Å²) in [5.41, 5.74) is 1.16. The number of fused-ring (bicyclic) bond motifs is 1. The van der Waals surface area contributed by atoms with Crippen molar-refractivity contribution in [3.05, 3.63) is 36.5 Å². The maximum Gasteiger partial charge on any atom is 0.222 e. The number of nitrogens with zero attached hydrogens (tertiary/aromatic N) is 1. The molecule has 1 aromatic heterocycles. The van der Waals surface area contributed by atoms with Gasteiger partial charge in [-0.25, -0.2) is 0 Å².